The summed E-state index contributed by atoms with van der Waals surface area (Å²) in [6.45, 7) is 0. The second-order valence-electron chi connectivity index (χ2n) is 10.8. The second-order valence-corrected chi connectivity index (χ2v) is 10.8. The van der Waals surface area contributed by atoms with Crippen LogP contribution in [0.5, 0.6) is 0 Å². The quantitative estimate of drug-likeness (QED) is 0.195. The molecule has 0 aliphatic carbocycles. The van der Waals surface area contributed by atoms with Gasteiger partial charge in [0.15, 0.2) is 0 Å². The molecule has 0 bridgehead atoms. The standard InChI is InChI=1S/C42H32N2/c43-39-29-38(34-23-11-4-12-24-34)42(30-37(39)33-21-9-3-10-22-33)44(40-27-15-13-25-35(40)31-17-5-1-6-18-31)41-28-16-14-26-36(41)32-19-7-2-8-20-32/h1-30H,43H2. The smallest absolute Gasteiger partial charge is 0.0548 e. The Hall–Kier alpha value is -5.86. The maximum atomic E-state index is 6.86. The first-order valence-corrected chi connectivity index (χ1v) is 14.9. The molecule has 7 rings (SSSR count). The molecule has 0 aromatic heterocycles. The molecule has 0 fully saturated rings. The molecule has 0 heterocycles. The van der Waals surface area contributed by atoms with E-state index in [1.54, 1.807) is 0 Å². The van der Waals surface area contributed by atoms with Crippen LogP contribution in [0, 0.1) is 0 Å². The van der Waals surface area contributed by atoms with Gasteiger partial charge in [0.1, 0.15) is 0 Å². The van der Waals surface area contributed by atoms with Crippen LogP contribution < -0.4 is 10.6 Å². The van der Waals surface area contributed by atoms with Gasteiger partial charge in [-0.25, -0.2) is 0 Å². The lowest BCUT2D eigenvalue weighted by molar-refractivity contribution is 1.28. The van der Waals surface area contributed by atoms with E-state index in [1.807, 2.05) is 6.07 Å². The third-order valence-electron chi connectivity index (χ3n) is 8.04. The van der Waals surface area contributed by atoms with Crippen molar-refractivity contribution in [1.82, 2.24) is 0 Å². The van der Waals surface area contributed by atoms with Gasteiger partial charge in [0.2, 0.25) is 0 Å². The Labute approximate surface area is 259 Å². The van der Waals surface area contributed by atoms with Crippen molar-refractivity contribution in [3.63, 3.8) is 0 Å². The number of hydrogen-bond donors (Lipinski definition) is 1. The topological polar surface area (TPSA) is 29.3 Å². The molecule has 0 aliphatic heterocycles. The zero-order valence-electron chi connectivity index (χ0n) is 24.3. The maximum Gasteiger partial charge on any atom is 0.0548 e. The van der Waals surface area contributed by atoms with Crippen molar-refractivity contribution in [2.45, 2.75) is 0 Å². The summed E-state index contributed by atoms with van der Waals surface area (Å²) in [5, 5.41) is 0. The molecule has 0 amide bonds. The second kappa shape index (κ2) is 12.2. The number of nitrogens with zero attached hydrogens (tertiary/aromatic N) is 1. The predicted octanol–water partition coefficient (Wildman–Crippen LogP) is 11.4. The van der Waals surface area contributed by atoms with Gasteiger partial charge < -0.3 is 10.6 Å². The molecule has 2 heteroatoms. The molecular formula is C42H32N2. The fraction of sp³-hybridized carbons (Fsp3) is 0. The van der Waals surface area contributed by atoms with Gasteiger partial charge in [-0.1, -0.05) is 158 Å². The van der Waals surface area contributed by atoms with Crippen molar-refractivity contribution < 1.29 is 0 Å². The Morgan fingerprint density at radius 2 is 0.636 bits per heavy atom. The Bertz CT molecular complexity index is 1920. The lowest BCUT2D eigenvalue weighted by atomic mass is 9.93. The van der Waals surface area contributed by atoms with E-state index in [2.05, 4.69) is 181 Å². The van der Waals surface area contributed by atoms with Crippen molar-refractivity contribution in [2.24, 2.45) is 0 Å². The van der Waals surface area contributed by atoms with Crippen LogP contribution in [-0.2, 0) is 0 Å². The SMILES string of the molecule is Nc1cc(-c2ccccc2)c(N(c2ccccc2-c2ccccc2)c2ccccc2-c2ccccc2)cc1-c1ccccc1. The average molecular weight is 565 g/mol. The summed E-state index contributed by atoms with van der Waals surface area (Å²) in [6.07, 6.45) is 0. The molecule has 7 aromatic carbocycles. The number of para-hydroxylation sites is 2. The minimum absolute atomic E-state index is 0.742. The molecule has 0 radical (unpaired) electrons. The number of hydrogen-bond acceptors (Lipinski definition) is 2. The lowest BCUT2D eigenvalue weighted by Gasteiger charge is -2.32. The maximum absolute atomic E-state index is 6.86. The molecule has 0 saturated heterocycles. The van der Waals surface area contributed by atoms with E-state index >= 15 is 0 Å². The van der Waals surface area contributed by atoms with Crippen LogP contribution in [0.2, 0.25) is 0 Å². The fourth-order valence-electron chi connectivity index (χ4n) is 5.96. The number of nitrogen functional groups attached to an aromatic ring is 1. The van der Waals surface area contributed by atoms with E-state index in [1.165, 1.54) is 0 Å². The van der Waals surface area contributed by atoms with Crippen molar-refractivity contribution in [2.75, 3.05) is 10.6 Å². The van der Waals surface area contributed by atoms with E-state index in [9.17, 15) is 0 Å². The highest BCUT2D eigenvalue weighted by Gasteiger charge is 2.24. The van der Waals surface area contributed by atoms with Crippen LogP contribution in [0.3, 0.4) is 0 Å². The Morgan fingerprint density at radius 1 is 0.295 bits per heavy atom. The van der Waals surface area contributed by atoms with Gasteiger partial charge in [-0.05, 0) is 46.5 Å². The highest BCUT2D eigenvalue weighted by Crippen LogP contribution is 2.49. The summed E-state index contributed by atoms with van der Waals surface area (Å²) in [6, 6.07) is 63.9. The third kappa shape index (κ3) is 5.26. The van der Waals surface area contributed by atoms with Crippen molar-refractivity contribution in [1.29, 1.82) is 0 Å². The third-order valence-corrected chi connectivity index (χ3v) is 8.04. The molecule has 7 aromatic rings. The van der Waals surface area contributed by atoms with E-state index in [-0.39, 0.29) is 0 Å². The van der Waals surface area contributed by atoms with Crippen molar-refractivity contribution >= 4 is 22.7 Å². The monoisotopic (exact) mass is 564 g/mol. The van der Waals surface area contributed by atoms with E-state index < -0.39 is 0 Å². The first-order chi connectivity index (χ1) is 21.8. The summed E-state index contributed by atoms with van der Waals surface area (Å²) in [7, 11) is 0. The molecule has 210 valence electrons. The fourth-order valence-corrected chi connectivity index (χ4v) is 5.96. The number of benzene rings is 7. The summed E-state index contributed by atoms with van der Waals surface area (Å²) >= 11 is 0. The van der Waals surface area contributed by atoms with Gasteiger partial charge in [-0.15, -0.1) is 0 Å². The van der Waals surface area contributed by atoms with Crippen LogP contribution in [-0.4, -0.2) is 0 Å². The molecule has 2 nitrogen and oxygen atoms in total. The minimum atomic E-state index is 0.742. The highest BCUT2D eigenvalue weighted by molar-refractivity contribution is 6.00. The van der Waals surface area contributed by atoms with E-state index in [0.29, 0.717) is 0 Å². The van der Waals surface area contributed by atoms with Crippen molar-refractivity contribution in [3.05, 3.63) is 182 Å². The van der Waals surface area contributed by atoms with E-state index in [0.717, 1.165) is 67.3 Å². The highest BCUT2D eigenvalue weighted by atomic mass is 15.2. The molecule has 0 atom stereocenters. The molecule has 44 heavy (non-hydrogen) atoms. The van der Waals surface area contributed by atoms with Crippen LogP contribution in [0.1, 0.15) is 0 Å². The van der Waals surface area contributed by atoms with Gasteiger partial charge >= 0.3 is 0 Å². The summed E-state index contributed by atoms with van der Waals surface area (Å²) < 4.78 is 0. The summed E-state index contributed by atoms with van der Waals surface area (Å²) in [5.74, 6) is 0. The van der Waals surface area contributed by atoms with Gasteiger partial charge in [-0.3, -0.25) is 0 Å². The number of anilines is 4. The van der Waals surface area contributed by atoms with Gasteiger partial charge in [-0.2, -0.15) is 0 Å². The lowest BCUT2D eigenvalue weighted by Crippen LogP contribution is -2.14. The van der Waals surface area contributed by atoms with Crippen LogP contribution in [0.25, 0.3) is 44.5 Å². The first kappa shape index (κ1) is 27.0. The molecular weight excluding hydrogens is 532 g/mol. The molecule has 0 saturated carbocycles. The summed E-state index contributed by atoms with van der Waals surface area (Å²) in [4.78, 5) is 2.42. The largest absolute Gasteiger partial charge is 0.398 e. The summed E-state index contributed by atoms with van der Waals surface area (Å²) in [5.41, 5.74) is 19.7. The Kier molecular flexibility index (Phi) is 7.47. The van der Waals surface area contributed by atoms with E-state index in [4.69, 9.17) is 5.73 Å². The van der Waals surface area contributed by atoms with Gasteiger partial charge in [0, 0.05) is 27.9 Å². The molecule has 0 spiro atoms. The van der Waals surface area contributed by atoms with Gasteiger partial charge in [0.25, 0.3) is 0 Å². The minimum Gasteiger partial charge on any atom is -0.398 e. The molecule has 0 unspecified atom stereocenters. The predicted molar refractivity (Wildman–Crippen MR) is 187 cm³/mol. The molecule has 2 N–H and O–H groups in total. The van der Waals surface area contributed by atoms with Gasteiger partial charge in [0.05, 0.1) is 17.1 Å². The first-order valence-electron chi connectivity index (χ1n) is 14.9. The zero-order valence-corrected chi connectivity index (χ0v) is 24.3. The van der Waals surface area contributed by atoms with Crippen LogP contribution in [0.4, 0.5) is 22.7 Å². The average Bonchev–Trinajstić information content (AvgIpc) is 3.11. The van der Waals surface area contributed by atoms with Crippen LogP contribution in [0.15, 0.2) is 182 Å². The Balaban J connectivity index is 1.59. The zero-order chi connectivity index (χ0) is 29.7. The number of nitrogens with two attached hydrogens (primary N) is 1. The normalized spacial score (nSPS) is 10.8. The van der Waals surface area contributed by atoms with Crippen molar-refractivity contribution in [3.8, 4) is 44.5 Å². The molecule has 0 aliphatic rings. The number of rotatable bonds is 7. The van der Waals surface area contributed by atoms with Crippen LogP contribution >= 0.6 is 0 Å². The Morgan fingerprint density at radius 3 is 1.07 bits per heavy atom.